The average Bonchev–Trinajstić information content (AvgIpc) is 3.30. The summed E-state index contributed by atoms with van der Waals surface area (Å²) in [6.07, 6.45) is -1.72. The van der Waals surface area contributed by atoms with Crippen LogP contribution in [0.2, 0.25) is 0 Å². The van der Waals surface area contributed by atoms with E-state index in [4.69, 9.17) is 0 Å². The van der Waals surface area contributed by atoms with Crippen LogP contribution < -0.4 is 5.32 Å². The molecular formula is C30H29F3N2OS. The molecule has 1 atom stereocenters. The Hall–Kier alpha value is -3.58. The maximum absolute atomic E-state index is 13.4. The molecule has 4 rings (SSSR count). The highest BCUT2D eigenvalue weighted by Crippen LogP contribution is 2.32. The van der Waals surface area contributed by atoms with E-state index in [2.05, 4.69) is 35.0 Å². The van der Waals surface area contributed by atoms with Gasteiger partial charge in [-0.25, -0.2) is 0 Å². The Morgan fingerprint density at radius 2 is 1.70 bits per heavy atom. The van der Waals surface area contributed by atoms with Crippen molar-refractivity contribution < 1.29 is 18.0 Å². The first-order chi connectivity index (χ1) is 17.8. The molecule has 0 saturated carbocycles. The number of rotatable bonds is 12. The van der Waals surface area contributed by atoms with Gasteiger partial charge in [-0.3, -0.25) is 4.79 Å². The summed E-state index contributed by atoms with van der Waals surface area (Å²) >= 11 is 1.69. The first kappa shape index (κ1) is 26.5. The lowest BCUT2D eigenvalue weighted by Gasteiger charge is -2.35. The third kappa shape index (κ3) is 7.23. The Kier molecular flexibility index (Phi) is 8.66. The van der Waals surface area contributed by atoms with Gasteiger partial charge in [-0.2, -0.15) is 13.2 Å². The van der Waals surface area contributed by atoms with Gasteiger partial charge in [-0.1, -0.05) is 67.2 Å². The zero-order valence-electron chi connectivity index (χ0n) is 20.4. The standard InChI is InChI=1S/C30H29F3N2OS/c1-22(16-28-18-25-11-5-6-13-29(25)37-28)35(20-24-10-7-12-26(17-24)30(31,32)33)27(19-34-21-36)15-14-23-8-3-2-4-9-23/h2-13,17-18,21,27H,1,14-16,19-20H2,(H,34,36)/t27-/m0/s1. The SMILES string of the molecule is C=C(Cc1cc2ccccc2s1)N(Cc1cccc(C(F)(F)F)c1)[C@@H](CCc1ccccc1)CNC=O. The molecule has 0 aliphatic carbocycles. The van der Waals surface area contributed by atoms with Crippen LogP contribution in [0.3, 0.4) is 0 Å². The molecule has 0 spiro atoms. The maximum Gasteiger partial charge on any atom is 0.416 e. The fraction of sp³-hybridized carbons (Fsp3) is 0.233. The van der Waals surface area contributed by atoms with Crippen molar-refractivity contribution >= 4 is 27.8 Å². The normalized spacial score (nSPS) is 12.3. The van der Waals surface area contributed by atoms with Gasteiger partial charge in [0.15, 0.2) is 0 Å². The lowest BCUT2D eigenvalue weighted by atomic mass is 10.0. The minimum atomic E-state index is -4.42. The van der Waals surface area contributed by atoms with E-state index in [1.807, 2.05) is 42.5 Å². The Morgan fingerprint density at radius 1 is 0.973 bits per heavy atom. The topological polar surface area (TPSA) is 32.3 Å². The molecule has 0 saturated heterocycles. The van der Waals surface area contributed by atoms with Crippen LogP contribution in [-0.2, 0) is 30.4 Å². The number of carbonyl (C=O) groups excluding carboxylic acids is 1. The molecule has 0 bridgehead atoms. The lowest BCUT2D eigenvalue weighted by molar-refractivity contribution is -0.137. The molecule has 0 fully saturated rings. The van der Waals surface area contributed by atoms with Crippen molar-refractivity contribution in [3.63, 3.8) is 0 Å². The molecule has 192 valence electrons. The summed E-state index contributed by atoms with van der Waals surface area (Å²) in [6, 6.07) is 25.6. The lowest BCUT2D eigenvalue weighted by Crippen LogP contribution is -2.42. The molecule has 0 aliphatic heterocycles. The van der Waals surface area contributed by atoms with E-state index in [0.29, 0.717) is 31.4 Å². The zero-order valence-corrected chi connectivity index (χ0v) is 21.2. The van der Waals surface area contributed by atoms with Gasteiger partial charge in [0, 0.05) is 40.8 Å². The molecule has 3 nitrogen and oxygen atoms in total. The molecule has 3 aromatic carbocycles. The van der Waals surface area contributed by atoms with Gasteiger partial charge in [0.25, 0.3) is 0 Å². The van der Waals surface area contributed by atoms with Crippen LogP contribution in [0, 0.1) is 0 Å². The van der Waals surface area contributed by atoms with Crippen molar-refractivity contribution in [2.24, 2.45) is 0 Å². The number of thiophene rings is 1. The highest BCUT2D eigenvalue weighted by Gasteiger charge is 2.31. The van der Waals surface area contributed by atoms with Crippen LogP contribution in [-0.4, -0.2) is 23.9 Å². The summed E-state index contributed by atoms with van der Waals surface area (Å²) in [6.45, 7) is 4.99. The van der Waals surface area contributed by atoms with Gasteiger partial charge in [0.2, 0.25) is 6.41 Å². The van der Waals surface area contributed by atoms with E-state index < -0.39 is 11.7 Å². The van der Waals surface area contributed by atoms with Gasteiger partial charge in [-0.15, -0.1) is 11.3 Å². The van der Waals surface area contributed by atoms with Crippen LogP contribution in [0.15, 0.2) is 97.2 Å². The van der Waals surface area contributed by atoms with Crippen LogP contribution in [0.1, 0.15) is 28.0 Å². The summed E-state index contributed by atoms with van der Waals surface area (Å²) in [5, 5.41) is 3.94. The maximum atomic E-state index is 13.4. The number of nitrogens with one attached hydrogen (secondary N) is 1. The van der Waals surface area contributed by atoms with Crippen molar-refractivity contribution in [2.45, 2.75) is 38.0 Å². The highest BCUT2D eigenvalue weighted by molar-refractivity contribution is 7.19. The second-order valence-corrected chi connectivity index (χ2v) is 10.2. The van der Waals surface area contributed by atoms with E-state index in [9.17, 15) is 18.0 Å². The van der Waals surface area contributed by atoms with Gasteiger partial charge >= 0.3 is 6.18 Å². The van der Waals surface area contributed by atoms with Crippen molar-refractivity contribution in [2.75, 3.05) is 6.54 Å². The van der Waals surface area contributed by atoms with Crippen LogP contribution in [0.25, 0.3) is 10.1 Å². The second-order valence-electron chi connectivity index (χ2n) is 9.02. The summed E-state index contributed by atoms with van der Waals surface area (Å²) in [4.78, 5) is 14.4. The van der Waals surface area contributed by atoms with Gasteiger partial charge in [0.1, 0.15) is 0 Å². The number of halogens is 3. The fourth-order valence-electron chi connectivity index (χ4n) is 4.50. The van der Waals surface area contributed by atoms with E-state index in [0.717, 1.165) is 34.0 Å². The third-order valence-electron chi connectivity index (χ3n) is 6.35. The number of aryl methyl sites for hydroxylation is 1. The summed E-state index contributed by atoms with van der Waals surface area (Å²) in [5.74, 6) is 0. The van der Waals surface area contributed by atoms with Crippen LogP contribution >= 0.6 is 11.3 Å². The smallest absolute Gasteiger partial charge is 0.366 e. The van der Waals surface area contributed by atoms with Crippen LogP contribution in [0.4, 0.5) is 13.2 Å². The van der Waals surface area contributed by atoms with Gasteiger partial charge in [-0.05, 0) is 53.6 Å². The second kappa shape index (κ2) is 12.1. The van der Waals surface area contributed by atoms with E-state index in [1.165, 1.54) is 16.8 Å². The number of hydrogen-bond acceptors (Lipinski definition) is 3. The molecule has 1 heterocycles. The average molecular weight is 523 g/mol. The molecule has 1 amide bonds. The Balaban J connectivity index is 1.62. The largest absolute Gasteiger partial charge is 0.416 e. The van der Waals surface area contributed by atoms with Crippen molar-refractivity contribution in [1.82, 2.24) is 10.2 Å². The predicted molar refractivity (Wildman–Crippen MR) is 144 cm³/mol. The molecule has 0 radical (unpaired) electrons. The summed E-state index contributed by atoms with van der Waals surface area (Å²) in [5.41, 5.74) is 1.83. The predicted octanol–water partition coefficient (Wildman–Crippen LogP) is 7.23. The number of carbonyl (C=O) groups is 1. The molecule has 0 unspecified atom stereocenters. The summed E-state index contributed by atoms with van der Waals surface area (Å²) < 4.78 is 41.4. The number of alkyl halides is 3. The Labute approximate surface area is 219 Å². The Bertz CT molecular complexity index is 1300. The molecule has 1 aromatic heterocycles. The zero-order chi connectivity index (χ0) is 26.3. The highest BCUT2D eigenvalue weighted by atomic mass is 32.1. The summed E-state index contributed by atoms with van der Waals surface area (Å²) in [7, 11) is 0. The molecule has 1 N–H and O–H groups in total. The minimum absolute atomic E-state index is 0.151. The number of amides is 1. The monoisotopic (exact) mass is 522 g/mol. The molecule has 0 aliphatic rings. The third-order valence-corrected chi connectivity index (χ3v) is 7.47. The first-order valence-corrected chi connectivity index (χ1v) is 12.9. The quantitative estimate of drug-likeness (QED) is 0.199. The minimum Gasteiger partial charge on any atom is -0.366 e. The Morgan fingerprint density at radius 3 is 2.43 bits per heavy atom. The molecule has 7 heteroatoms. The number of benzene rings is 3. The number of hydrogen-bond donors (Lipinski definition) is 1. The molecule has 37 heavy (non-hydrogen) atoms. The number of allylic oxidation sites excluding steroid dienone is 1. The number of nitrogens with zero attached hydrogens (tertiary/aromatic N) is 1. The van der Waals surface area contributed by atoms with E-state index in [1.54, 1.807) is 17.4 Å². The molecule has 4 aromatic rings. The van der Waals surface area contributed by atoms with Crippen molar-refractivity contribution in [3.8, 4) is 0 Å². The number of fused-ring (bicyclic) bond motifs is 1. The van der Waals surface area contributed by atoms with E-state index in [-0.39, 0.29) is 12.6 Å². The fourth-order valence-corrected chi connectivity index (χ4v) is 5.60. The van der Waals surface area contributed by atoms with Crippen molar-refractivity contribution in [3.05, 3.63) is 119 Å². The van der Waals surface area contributed by atoms with Gasteiger partial charge in [0.05, 0.1) is 5.56 Å². The molecular weight excluding hydrogens is 493 g/mol. The van der Waals surface area contributed by atoms with Gasteiger partial charge < -0.3 is 10.2 Å². The van der Waals surface area contributed by atoms with Crippen molar-refractivity contribution in [1.29, 1.82) is 0 Å². The van der Waals surface area contributed by atoms with E-state index >= 15 is 0 Å². The first-order valence-electron chi connectivity index (χ1n) is 12.1. The van der Waals surface area contributed by atoms with Crippen LogP contribution in [0.5, 0.6) is 0 Å².